The molecule has 4 heteroatoms. The molecular formula is C17H17ClF2O. The number of hydrogen-bond acceptors (Lipinski definition) is 1. The Hall–Kier alpha value is -1.61. The maximum atomic E-state index is 13.9. The molecule has 21 heavy (non-hydrogen) atoms. The van der Waals surface area contributed by atoms with Crippen molar-refractivity contribution >= 4 is 11.6 Å². The Labute approximate surface area is 128 Å². The minimum absolute atomic E-state index is 0.0519. The highest BCUT2D eigenvalue weighted by Crippen LogP contribution is 2.31. The van der Waals surface area contributed by atoms with Gasteiger partial charge in [0, 0.05) is 5.88 Å². The summed E-state index contributed by atoms with van der Waals surface area (Å²) in [6.45, 7) is 6.13. The third-order valence-corrected chi connectivity index (χ3v) is 3.60. The lowest BCUT2D eigenvalue weighted by Crippen LogP contribution is -1.97. The topological polar surface area (TPSA) is 9.23 Å². The van der Waals surface area contributed by atoms with Gasteiger partial charge >= 0.3 is 0 Å². The Morgan fingerprint density at radius 3 is 2.19 bits per heavy atom. The maximum absolute atomic E-state index is 13.9. The van der Waals surface area contributed by atoms with Crippen LogP contribution in [0.15, 0.2) is 30.3 Å². The molecule has 0 bridgehead atoms. The van der Waals surface area contributed by atoms with E-state index in [1.807, 2.05) is 13.0 Å². The first-order chi connectivity index (χ1) is 9.92. The number of benzene rings is 2. The van der Waals surface area contributed by atoms with Crippen LogP contribution in [-0.4, -0.2) is 0 Å². The molecule has 0 N–H and O–H groups in total. The van der Waals surface area contributed by atoms with Crippen LogP contribution < -0.4 is 4.74 Å². The van der Waals surface area contributed by atoms with Crippen LogP contribution in [-0.2, 0) is 5.88 Å². The van der Waals surface area contributed by atoms with E-state index < -0.39 is 17.4 Å². The van der Waals surface area contributed by atoms with Crippen LogP contribution in [0.3, 0.4) is 0 Å². The third kappa shape index (κ3) is 3.53. The fraction of sp³-hybridized carbons (Fsp3) is 0.294. The highest BCUT2D eigenvalue weighted by molar-refractivity contribution is 6.17. The van der Waals surface area contributed by atoms with Gasteiger partial charge in [-0.25, -0.2) is 8.78 Å². The lowest BCUT2D eigenvalue weighted by atomic mass is 9.98. The summed E-state index contributed by atoms with van der Waals surface area (Å²) in [6, 6.07) is 7.78. The van der Waals surface area contributed by atoms with Crippen LogP contribution in [0.1, 0.15) is 36.5 Å². The van der Waals surface area contributed by atoms with Gasteiger partial charge in [0.1, 0.15) is 5.75 Å². The normalized spacial score (nSPS) is 11.0. The molecule has 0 aliphatic heterocycles. The van der Waals surface area contributed by atoms with Gasteiger partial charge in [0.15, 0.2) is 17.4 Å². The van der Waals surface area contributed by atoms with Crippen LogP contribution in [0.5, 0.6) is 11.5 Å². The summed E-state index contributed by atoms with van der Waals surface area (Å²) in [4.78, 5) is 0. The third-order valence-electron chi connectivity index (χ3n) is 3.30. The van der Waals surface area contributed by atoms with Crippen molar-refractivity contribution in [1.29, 1.82) is 0 Å². The summed E-state index contributed by atoms with van der Waals surface area (Å²) < 4.78 is 33.1. The summed E-state index contributed by atoms with van der Waals surface area (Å²) in [5.41, 5.74) is 2.59. The van der Waals surface area contributed by atoms with Gasteiger partial charge in [-0.2, -0.15) is 0 Å². The minimum Gasteiger partial charge on any atom is -0.451 e. The zero-order valence-corrected chi connectivity index (χ0v) is 13.0. The zero-order chi connectivity index (χ0) is 15.6. The van der Waals surface area contributed by atoms with Crippen molar-refractivity contribution in [2.75, 3.05) is 0 Å². The van der Waals surface area contributed by atoms with E-state index >= 15 is 0 Å². The van der Waals surface area contributed by atoms with Gasteiger partial charge in [-0.3, -0.25) is 0 Å². The molecule has 2 aromatic rings. The second kappa shape index (κ2) is 6.44. The first kappa shape index (κ1) is 15.8. The predicted molar refractivity (Wildman–Crippen MR) is 81.3 cm³/mol. The second-order valence-corrected chi connectivity index (χ2v) is 5.56. The van der Waals surface area contributed by atoms with Crippen molar-refractivity contribution < 1.29 is 13.5 Å². The fourth-order valence-electron chi connectivity index (χ4n) is 2.26. The van der Waals surface area contributed by atoms with Crippen LogP contribution in [0, 0.1) is 18.6 Å². The first-order valence-corrected chi connectivity index (χ1v) is 7.28. The summed E-state index contributed by atoms with van der Waals surface area (Å²) in [7, 11) is 0. The fourth-order valence-corrected chi connectivity index (χ4v) is 2.42. The molecule has 112 valence electrons. The molecule has 0 radical (unpaired) electrons. The molecular weight excluding hydrogens is 294 g/mol. The van der Waals surface area contributed by atoms with E-state index in [9.17, 15) is 8.78 Å². The molecule has 2 aromatic carbocycles. The van der Waals surface area contributed by atoms with Crippen molar-refractivity contribution in [1.82, 2.24) is 0 Å². The molecule has 2 rings (SSSR count). The summed E-state index contributed by atoms with van der Waals surface area (Å²) in [5, 5.41) is 0. The van der Waals surface area contributed by atoms with Crippen molar-refractivity contribution in [3.05, 3.63) is 58.7 Å². The van der Waals surface area contributed by atoms with Gasteiger partial charge < -0.3 is 4.74 Å². The van der Waals surface area contributed by atoms with Crippen molar-refractivity contribution in [2.24, 2.45) is 0 Å². The molecule has 0 aliphatic rings. The van der Waals surface area contributed by atoms with E-state index in [-0.39, 0.29) is 5.88 Å². The quantitative estimate of drug-likeness (QED) is 0.636. The van der Waals surface area contributed by atoms with E-state index in [4.69, 9.17) is 16.3 Å². The standard InChI is InChI=1S/C17H17ClF2O/c1-10(2)14-5-4-13(6-11(14)3)21-17-15(19)7-12(9-18)8-16(17)20/h4-8,10H,9H2,1-3H3. The van der Waals surface area contributed by atoms with E-state index in [0.717, 1.165) is 5.56 Å². The highest BCUT2D eigenvalue weighted by atomic mass is 35.5. The maximum Gasteiger partial charge on any atom is 0.198 e. The smallest absolute Gasteiger partial charge is 0.198 e. The van der Waals surface area contributed by atoms with Gasteiger partial charge in [-0.05, 0) is 53.8 Å². The molecule has 0 saturated heterocycles. The van der Waals surface area contributed by atoms with Gasteiger partial charge in [0.2, 0.25) is 0 Å². The van der Waals surface area contributed by atoms with Crippen LogP contribution in [0.4, 0.5) is 8.78 Å². The Balaban J connectivity index is 2.32. The predicted octanol–water partition coefficient (Wildman–Crippen LogP) is 5.93. The van der Waals surface area contributed by atoms with E-state index in [0.29, 0.717) is 17.2 Å². The lowest BCUT2D eigenvalue weighted by molar-refractivity contribution is 0.406. The Morgan fingerprint density at radius 1 is 1.10 bits per heavy atom. The van der Waals surface area contributed by atoms with E-state index in [1.165, 1.54) is 17.7 Å². The molecule has 0 spiro atoms. The molecule has 0 aromatic heterocycles. The number of alkyl halides is 1. The molecule has 0 fully saturated rings. The minimum atomic E-state index is -0.753. The summed E-state index contributed by atoms with van der Waals surface area (Å²) in [5.74, 6) is -1.06. The zero-order valence-electron chi connectivity index (χ0n) is 12.2. The first-order valence-electron chi connectivity index (χ1n) is 6.74. The number of aryl methyl sites for hydroxylation is 1. The monoisotopic (exact) mass is 310 g/mol. The molecule has 0 heterocycles. The Bertz CT molecular complexity index is 630. The van der Waals surface area contributed by atoms with Gasteiger partial charge in [-0.15, -0.1) is 11.6 Å². The lowest BCUT2D eigenvalue weighted by Gasteiger charge is -2.13. The SMILES string of the molecule is Cc1cc(Oc2c(F)cc(CCl)cc2F)ccc1C(C)C. The number of rotatable bonds is 4. The van der Waals surface area contributed by atoms with E-state index in [1.54, 1.807) is 12.1 Å². The molecule has 0 unspecified atom stereocenters. The number of hydrogen-bond donors (Lipinski definition) is 0. The summed E-state index contributed by atoms with van der Waals surface area (Å²) >= 11 is 5.58. The molecule has 0 saturated carbocycles. The van der Waals surface area contributed by atoms with Gasteiger partial charge in [0.25, 0.3) is 0 Å². The largest absolute Gasteiger partial charge is 0.451 e. The number of halogens is 3. The Morgan fingerprint density at radius 2 is 1.71 bits per heavy atom. The number of ether oxygens (including phenoxy) is 1. The van der Waals surface area contributed by atoms with Gasteiger partial charge in [0.05, 0.1) is 0 Å². The van der Waals surface area contributed by atoms with Crippen LogP contribution in [0.2, 0.25) is 0 Å². The van der Waals surface area contributed by atoms with E-state index in [2.05, 4.69) is 13.8 Å². The average Bonchev–Trinajstić information content (AvgIpc) is 2.42. The van der Waals surface area contributed by atoms with Crippen molar-refractivity contribution in [3.63, 3.8) is 0 Å². The molecule has 0 atom stereocenters. The Kier molecular flexibility index (Phi) is 4.84. The summed E-state index contributed by atoms with van der Waals surface area (Å²) in [6.07, 6.45) is 0. The van der Waals surface area contributed by atoms with Gasteiger partial charge in [-0.1, -0.05) is 19.9 Å². The molecule has 0 amide bonds. The average molecular weight is 311 g/mol. The molecule has 0 aliphatic carbocycles. The highest BCUT2D eigenvalue weighted by Gasteiger charge is 2.14. The van der Waals surface area contributed by atoms with Crippen LogP contribution in [0.25, 0.3) is 0 Å². The molecule has 1 nitrogen and oxygen atoms in total. The van der Waals surface area contributed by atoms with Crippen molar-refractivity contribution in [2.45, 2.75) is 32.6 Å². The second-order valence-electron chi connectivity index (χ2n) is 5.30. The van der Waals surface area contributed by atoms with Crippen molar-refractivity contribution in [3.8, 4) is 11.5 Å². The van der Waals surface area contributed by atoms with Crippen LogP contribution >= 0.6 is 11.6 Å².